The molecule has 0 aliphatic carbocycles. The molecule has 0 aliphatic heterocycles. The second kappa shape index (κ2) is 13.4. The van der Waals surface area contributed by atoms with Crippen molar-refractivity contribution in [1.82, 2.24) is 0 Å². The molecule has 54 heavy (non-hydrogen) atoms. The Morgan fingerprint density at radius 1 is 0.389 bits per heavy atom. The third-order valence-electron chi connectivity index (χ3n) is 9.48. The van der Waals surface area contributed by atoms with Crippen LogP contribution in [0.25, 0.3) is 77.2 Å². The molecule has 0 atom stereocenters. The van der Waals surface area contributed by atoms with Gasteiger partial charge in [0, 0.05) is 33.2 Å². The minimum atomic E-state index is -0.748. The van der Waals surface area contributed by atoms with Crippen LogP contribution in [-0.4, -0.2) is 0 Å². The molecule has 2 heteroatoms. The van der Waals surface area contributed by atoms with Gasteiger partial charge in [-0.05, 0) is 104 Å². The van der Waals surface area contributed by atoms with Crippen molar-refractivity contribution in [1.29, 1.82) is 0 Å². The Morgan fingerprint density at radius 2 is 1.00 bits per heavy atom. The maximum Gasteiger partial charge on any atom is 0.143 e. The van der Waals surface area contributed by atoms with E-state index >= 15 is 0 Å². The highest BCUT2D eigenvalue weighted by molar-refractivity contribution is 6.19. The van der Waals surface area contributed by atoms with Crippen molar-refractivity contribution in [3.8, 4) is 44.5 Å². The highest BCUT2D eigenvalue weighted by atomic mass is 16.3. The summed E-state index contributed by atoms with van der Waals surface area (Å²) >= 11 is 0. The van der Waals surface area contributed by atoms with Gasteiger partial charge in [-0.15, -0.1) is 0 Å². The number of hydrogen-bond acceptors (Lipinski definition) is 2. The van der Waals surface area contributed by atoms with Gasteiger partial charge in [-0.3, -0.25) is 0 Å². The summed E-state index contributed by atoms with van der Waals surface area (Å²) in [5.41, 5.74) is 3.00. The van der Waals surface area contributed by atoms with E-state index in [1.807, 2.05) is 97.1 Å². The second-order valence-corrected chi connectivity index (χ2v) is 12.7. The SMILES string of the molecule is [2H]c1c([2H])c([2H])c(-c2c([2H])c([2H])c(N(c3cccc(-c4cccc5oc6c7ccccc7ccc6c45)c3)c3c([2H])c([2H])c(-c4cccc(-c5ccccc5)c4)c([2H])c3[2H])c([2H])c2[2H])c([2H])c1[2H]. The Bertz CT molecular complexity index is 3610. The number of hydrogen-bond donors (Lipinski definition) is 0. The standard InChI is InChI=1S/C52H35NO/c1-3-12-36(13-4-1)38-24-29-44(30-25-38)53(45-31-26-39(27-32-45)42-18-9-17-41(34-42)37-14-5-2-6-15-37)46-20-10-19-43(35-46)47-22-11-23-50-51(47)49-33-28-40-16-7-8-21-48(40)52(49)54-50/h1-35H/i1D,3D,4D,12D,13D,24D,25D,26D,27D,29D,30D,31D,32D. The Hall–Kier alpha value is -7.16. The van der Waals surface area contributed by atoms with E-state index in [0.717, 1.165) is 38.2 Å². The number of anilines is 3. The van der Waals surface area contributed by atoms with Crippen LogP contribution in [0.4, 0.5) is 17.1 Å². The van der Waals surface area contributed by atoms with Gasteiger partial charge < -0.3 is 9.32 Å². The van der Waals surface area contributed by atoms with Gasteiger partial charge in [0.1, 0.15) is 11.2 Å². The van der Waals surface area contributed by atoms with Crippen LogP contribution < -0.4 is 4.90 Å². The molecular formula is C52H35NO. The number of fused-ring (bicyclic) bond motifs is 5. The molecule has 0 spiro atoms. The molecule has 0 saturated carbocycles. The van der Waals surface area contributed by atoms with Crippen molar-refractivity contribution in [3.63, 3.8) is 0 Å². The molecule has 10 rings (SSSR count). The van der Waals surface area contributed by atoms with Gasteiger partial charge in [-0.1, -0.05) is 158 Å². The average molecular weight is 703 g/mol. The van der Waals surface area contributed by atoms with Crippen molar-refractivity contribution >= 4 is 49.8 Å². The zero-order chi connectivity index (χ0) is 47.2. The summed E-state index contributed by atoms with van der Waals surface area (Å²) in [7, 11) is 0. The summed E-state index contributed by atoms with van der Waals surface area (Å²) in [6.45, 7) is 0. The fourth-order valence-electron chi connectivity index (χ4n) is 6.94. The third-order valence-corrected chi connectivity index (χ3v) is 9.48. The van der Waals surface area contributed by atoms with E-state index in [-0.39, 0.29) is 16.9 Å². The fraction of sp³-hybridized carbons (Fsp3) is 0. The van der Waals surface area contributed by atoms with E-state index in [1.165, 1.54) is 4.90 Å². The molecule has 2 nitrogen and oxygen atoms in total. The molecule has 0 aliphatic rings. The van der Waals surface area contributed by atoms with Crippen LogP contribution >= 0.6 is 0 Å². The van der Waals surface area contributed by atoms with E-state index in [2.05, 4.69) is 0 Å². The predicted molar refractivity (Wildman–Crippen MR) is 228 cm³/mol. The molecule has 0 unspecified atom stereocenters. The van der Waals surface area contributed by atoms with Crippen molar-refractivity contribution in [2.45, 2.75) is 0 Å². The monoisotopic (exact) mass is 702 g/mol. The first-order chi connectivity index (χ1) is 32.2. The molecule has 1 aromatic heterocycles. The van der Waals surface area contributed by atoms with E-state index in [9.17, 15) is 11.0 Å². The van der Waals surface area contributed by atoms with Crippen LogP contribution in [0.5, 0.6) is 0 Å². The fourth-order valence-corrected chi connectivity index (χ4v) is 6.94. The summed E-state index contributed by atoms with van der Waals surface area (Å²) in [6, 6.07) is 32.6. The van der Waals surface area contributed by atoms with Crippen molar-refractivity contribution in [2.24, 2.45) is 0 Å². The molecule has 0 saturated heterocycles. The van der Waals surface area contributed by atoms with Crippen LogP contribution in [0.2, 0.25) is 0 Å². The Balaban J connectivity index is 1.24. The minimum absolute atomic E-state index is 0.00681. The van der Waals surface area contributed by atoms with Gasteiger partial charge in [0.25, 0.3) is 0 Å². The maximum absolute atomic E-state index is 9.61. The van der Waals surface area contributed by atoms with Gasteiger partial charge in [-0.2, -0.15) is 0 Å². The first-order valence-electron chi connectivity index (χ1n) is 23.9. The van der Waals surface area contributed by atoms with E-state index in [0.29, 0.717) is 22.3 Å². The molecule has 10 aromatic rings. The molecule has 1 heterocycles. The van der Waals surface area contributed by atoms with Crippen LogP contribution in [0.3, 0.4) is 0 Å². The lowest BCUT2D eigenvalue weighted by Gasteiger charge is -2.26. The molecule has 0 radical (unpaired) electrons. The van der Waals surface area contributed by atoms with E-state index < -0.39 is 95.4 Å². The lowest BCUT2D eigenvalue weighted by molar-refractivity contribution is 0.673. The second-order valence-electron chi connectivity index (χ2n) is 12.7. The molecule has 0 N–H and O–H groups in total. The van der Waals surface area contributed by atoms with Crippen molar-refractivity contribution < 1.29 is 22.2 Å². The topological polar surface area (TPSA) is 16.4 Å². The lowest BCUT2D eigenvalue weighted by atomic mass is 9.97. The van der Waals surface area contributed by atoms with Gasteiger partial charge >= 0.3 is 0 Å². The summed E-state index contributed by atoms with van der Waals surface area (Å²) in [4.78, 5) is 1.18. The first kappa shape index (κ1) is 20.8. The summed E-state index contributed by atoms with van der Waals surface area (Å²) < 4.78 is 124. The molecule has 9 aromatic carbocycles. The Morgan fingerprint density at radius 3 is 1.78 bits per heavy atom. The van der Waals surface area contributed by atoms with E-state index in [4.69, 9.17) is 11.3 Å². The largest absolute Gasteiger partial charge is 0.455 e. The Labute approximate surface area is 333 Å². The normalized spacial score (nSPS) is 14.7. The Kier molecular flexibility index (Phi) is 5.17. The maximum atomic E-state index is 9.61. The van der Waals surface area contributed by atoms with Crippen molar-refractivity contribution in [2.75, 3.05) is 4.90 Å². The third kappa shape index (κ3) is 5.71. The molecule has 254 valence electrons. The molecular weight excluding hydrogens is 655 g/mol. The van der Waals surface area contributed by atoms with Crippen LogP contribution in [-0.2, 0) is 0 Å². The number of furan rings is 1. The molecule has 0 fully saturated rings. The van der Waals surface area contributed by atoms with E-state index in [1.54, 1.807) is 36.4 Å². The molecule has 0 bridgehead atoms. The lowest BCUT2D eigenvalue weighted by Crippen LogP contribution is -2.10. The van der Waals surface area contributed by atoms with Gasteiger partial charge in [0.05, 0.1) is 17.8 Å². The minimum Gasteiger partial charge on any atom is -0.455 e. The summed E-state index contributed by atoms with van der Waals surface area (Å²) in [5, 5.41) is 3.57. The summed E-state index contributed by atoms with van der Waals surface area (Å²) in [5.74, 6) is 0. The number of rotatable bonds is 7. The van der Waals surface area contributed by atoms with Gasteiger partial charge in [-0.25, -0.2) is 0 Å². The zero-order valence-electron chi connectivity index (χ0n) is 41.6. The molecule has 0 amide bonds. The predicted octanol–water partition coefficient (Wildman–Crippen LogP) is 14.9. The van der Waals surface area contributed by atoms with Crippen molar-refractivity contribution in [3.05, 3.63) is 212 Å². The number of nitrogens with zero attached hydrogens (tertiary/aromatic N) is 1. The zero-order valence-corrected chi connectivity index (χ0v) is 28.6. The quantitative estimate of drug-likeness (QED) is 0.164. The van der Waals surface area contributed by atoms with Gasteiger partial charge in [0.15, 0.2) is 0 Å². The highest BCUT2D eigenvalue weighted by Crippen LogP contribution is 2.42. The average Bonchev–Trinajstić information content (AvgIpc) is 3.75. The first-order valence-corrected chi connectivity index (χ1v) is 17.4. The smallest absolute Gasteiger partial charge is 0.143 e. The number of benzene rings is 9. The highest BCUT2D eigenvalue weighted by Gasteiger charge is 2.18. The van der Waals surface area contributed by atoms with Crippen LogP contribution in [0.15, 0.2) is 216 Å². The van der Waals surface area contributed by atoms with Crippen LogP contribution in [0.1, 0.15) is 17.8 Å². The van der Waals surface area contributed by atoms with Crippen LogP contribution in [0, 0.1) is 0 Å². The van der Waals surface area contributed by atoms with Gasteiger partial charge in [0.2, 0.25) is 0 Å². The summed E-state index contributed by atoms with van der Waals surface area (Å²) in [6.07, 6.45) is 0.